The van der Waals surface area contributed by atoms with E-state index in [9.17, 15) is 0 Å². The molecule has 0 radical (unpaired) electrons. The molecule has 0 aromatic carbocycles. The third-order valence-corrected chi connectivity index (χ3v) is 0.966. The molecule has 0 amide bonds. The van der Waals surface area contributed by atoms with E-state index in [1.807, 2.05) is 0 Å². The minimum absolute atomic E-state index is 0.0208. The zero-order valence-electron chi connectivity index (χ0n) is 5.06. The summed E-state index contributed by atoms with van der Waals surface area (Å²) in [6.07, 6.45) is -1.83. The normalized spacial score (nSPS) is 17.3. The zero-order chi connectivity index (χ0) is 7.28. The molecular weight excluding hydrogens is 124 g/mol. The highest BCUT2D eigenvalue weighted by atomic mass is 16.3. The second-order valence-corrected chi connectivity index (χ2v) is 1.91. The topological polar surface area (TPSA) is 80.9 Å². The molecule has 0 rings (SSSR count). The minimum atomic E-state index is -0.924. The third-order valence-electron chi connectivity index (χ3n) is 0.966. The van der Waals surface area contributed by atoms with Crippen molar-refractivity contribution in [3.8, 4) is 0 Å². The van der Waals surface area contributed by atoms with E-state index in [0.717, 1.165) is 0 Å². The molecule has 0 aliphatic rings. The lowest BCUT2D eigenvalue weighted by molar-refractivity contribution is 0.0182. The van der Waals surface area contributed by atoms with Crippen LogP contribution in [0.2, 0.25) is 0 Å². The third kappa shape index (κ3) is 4.35. The van der Waals surface area contributed by atoms with Crippen LogP contribution in [0.3, 0.4) is 0 Å². The van der Waals surface area contributed by atoms with Gasteiger partial charge in [-0.1, -0.05) is 0 Å². The van der Waals surface area contributed by atoms with Gasteiger partial charge in [0.1, 0.15) is 0 Å². The maximum atomic E-state index is 8.64. The molecule has 0 aromatic rings. The Kier molecular flexibility index (Phi) is 4.61. The standard InChI is InChI=1S/C5H12O4/c6-2-4(8)1-5(9)3-7/h4-9H,1-3H2/t4-,5-/m0/s1. The van der Waals surface area contributed by atoms with Crippen molar-refractivity contribution in [2.24, 2.45) is 0 Å². The van der Waals surface area contributed by atoms with E-state index in [1.54, 1.807) is 0 Å². The van der Waals surface area contributed by atoms with E-state index in [0.29, 0.717) is 0 Å². The maximum absolute atomic E-state index is 8.64. The minimum Gasteiger partial charge on any atom is -0.394 e. The van der Waals surface area contributed by atoms with Crippen molar-refractivity contribution in [1.29, 1.82) is 0 Å². The summed E-state index contributed by atoms with van der Waals surface area (Å²) in [5.41, 5.74) is 0. The quantitative estimate of drug-likeness (QED) is 0.363. The average Bonchev–Trinajstić information content (AvgIpc) is 1.87. The van der Waals surface area contributed by atoms with Gasteiger partial charge in [0.25, 0.3) is 0 Å². The number of aliphatic hydroxyl groups excluding tert-OH is 4. The van der Waals surface area contributed by atoms with Crippen LogP contribution < -0.4 is 0 Å². The fourth-order valence-electron chi connectivity index (χ4n) is 0.463. The number of hydrogen-bond donors (Lipinski definition) is 4. The average molecular weight is 136 g/mol. The van der Waals surface area contributed by atoms with Crippen LogP contribution in [0.4, 0.5) is 0 Å². The van der Waals surface area contributed by atoms with Gasteiger partial charge in [-0.3, -0.25) is 0 Å². The lowest BCUT2D eigenvalue weighted by atomic mass is 10.2. The van der Waals surface area contributed by atoms with Crippen molar-refractivity contribution < 1.29 is 20.4 Å². The molecule has 0 aliphatic heterocycles. The Balaban J connectivity index is 3.22. The molecule has 0 heterocycles. The van der Waals surface area contributed by atoms with Crippen molar-refractivity contribution in [1.82, 2.24) is 0 Å². The fraction of sp³-hybridized carbons (Fsp3) is 1.00. The first-order chi connectivity index (χ1) is 4.20. The molecule has 0 aliphatic carbocycles. The van der Waals surface area contributed by atoms with Gasteiger partial charge in [-0.05, 0) is 0 Å². The highest BCUT2D eigenvalue weighted by Gasteiger charge is 2.08. The lowest BCUT2D eigenvalue weighted by Gasteiger charge is -2.09. The maximum Gasteiger partial charge on any atom is 0.0796 e. The lowest BCUT2D eigenvalue weighted by Crippen LogP contribution is -2.23. The summed E-state index contributed by atoms with van der Waals surface area (Å²) in [6.45, 7) is -0.756. The van der Waals surface area contributed by atoms with Gasteiger partial charge in [0, 0.05) is 6.42 Å². The summed E-state index contributed by atoms with van der Waals surface area (Å²) in [5.74, 6) is 0. The highest BCUT2D eigenvalue weighted by Crippen LogP contribution is 1.95. The molecule has 0 spiro atoms. The molecule has 0 bridgehead atoms. The van der Waals surface area contributed by atoms with Gasteiger partial charge in [0.2, 0.25) is 0 Å². The van der Waals surface area contributed by atoms with Gasteiger partial charge in [0.15, 0.2) is 0 Å². The summed E-state index contributed by atoms with van der Waals surface area (Å²) in [5, 5.41) is 33.7. The zero-order valence-corrected chi connectivity index (χ0v) is 5.06. The smallest absolute Gasteiger partial charge is 0.0796 e. The van der Waals surface area contributed by atoms with Crippen LogP contribution in [-0.4, -0.2) is 45.8 Å². The van der Waals surface area contributed by atoms with Gasteiger partial charge in [0.05, 0.1) is 25.4 Å². The Labute approximate surface area is 53.4 Å². The van der Waals surface area contributed by atoms with E-state index in [-0.39, 0.29) is 19.6 Å². The fourth-order valence-corrected chi connectivity index (χ4v) is 0.463. The molecule has 0 saturated carbocycles. The predicted octanol–water partition coefficient (Wildman–Crippen LogP) is -1.92. The van der Waals surface area contributed by atoms with Crippen LogP contribution in [0, 0.1) is 0 Å². The van der Waals surface area contributed by atoms with Crippen molar-refractivity contribution in [3.63, 3.8) is 0 Å². The van der Waals surface area contributed by atoms with Crippen LogP contribution in [-0.2, 0) is 0 Å². The molecular formula is C5H12O4. The Morgan fingerprint density at radius 1 is 0.889 bits per heavy atom. The van der Waals surface area contributed by atoms with Gasteiger partial charge >= 0.3 is 0 Å². The summed E-state index contributed by atoms with van der Waals surface area (Å²) in [7, 11) is 0. The molecule has 0 unspecified atom stereocenters. The van der Waals surface area contributed by atoms with Crippen molar-refractivity contribution in [2.45, 2.75) is 18.6 Å². The highest BCUT2D eigenvalue weighted by molar-refractivity contribution is 4.59. The number of rotatable bonds is 4. The molecule has 9 heavy (non-hydrogen) atoms. The van der Waals surface area contributed by atoms with Crippen LogP contribution in [0.5, 0.6) is 0 Å². The largest absolute Gasteiger partial charge is 0.394 e. The van der Waals surface area contributed by atoms with Crippen molar-refractivity contribution in [2.75, 3.05) is 13.2 Å². The summed E-state index contributed by atoms with van der Waals surface area (Å²) in [6, 6.07) is 0. The van der Waals surface area contributed by atoms with E-state index >= 15 is 0 Å². The molecule has 4 heteroatoms. The molecule has 4 N–H and O–H groups in total. The number of hydrogen-bond acceptors (Lipinski definition) is 4. The summed E-state index contributed by atoms with van der Waals surface area (Å²) >= 11 is 0. The van der Waals surface area contributed by atoms with Crippen molar-refractivity contribution >= 4 is 0 Å². The first kappa shape index (κ1) is 8.84. The Hall–Kier alpha value is -0.160. The van der Waals surface area contributed by atoms with Gasteiger partial charge < -0.3 is 20.4 Å². The van der Waals surface area contributed by atoms with Gasteiger partial charge in [-0.15, -0.1) is 0 Å². The van der Waals surface area contributed by atoms with Crippen LogP contribution >= 0.6 is 0 Å². The van der Waals surface area contributed by atoms with Crippen LogP contribution in [0.15, 0.2) is 0 Å². The molecule has 0 aromatic heterocycles. The van der Waals surface area contributed by atoms with Gasteiger partial charge in [-0.2, -0.15) is 0 Å². The summed E-state index contributed by atoms with van der Waals surface area (Å²) in [4.78, 5) is 0. The number of aliphatic hydroxyl groups is 4. The molecule has 2 atom stereocenters. The Morgan fingerprint density at radius 2 is 1.22 bits per heavy atom. The monoisotopic (exact) mass is 136 g/mol. The first-order valence-corrected chi connectivity index (χ1v) is 2.78. The van der Waals surface area contributed by atoms with E-state index < -0.39 is 12.2 Å². The van der Waals surface area contributed by atoms with Crippen LogP contribution in [0.25, 0.3) is 0 Å². The molecule has 0 saturated heterocycles. The Bertz CT molecular complexity index is 58.0. The predicted molar refractivity (Wildman–Crippen MR) is 30.8 cm³/mol. The molecule has 0 fully saturated rings. The van der Waals surface area contributed by atoms with E-state index in [1.165, 1.54) is 0 Å². The van der Waals surface area contributed by atoms with Crippen molar-refractivity contribution in [3.05, 3.63) is 0 Å². The second kappa shape index (κ2) is 4.69. The first-order valence-electron chi connectivity index (χ1n) is 2.78. The van der Waals surface area contributed by atoms with E-state index in [2.05, 4.69) is 0 Å². The summed E-state index contributed by atoms with van der Waals surface area (Å²) < 4.78 is 0. The van der Waals surface area contributed by atoms with Gasteiger partial charge in [-0.25, -0.2) is 0 Å². The van der Waals surface area contributed by atoms with Crippen LogP contribution in [0.1, 0.15) is 6.42 Å². The Morgan fingerprint density at radius 3 is 1.44 bits per heavy atom. The molecule has 56 valence electrons. The molecule has 4 nitrogen and oxygen atoms in total. The van der Waals surface area contributed by atoms with E-state index in [4.69, 9.17) is 20.4 Å². The second-order valence-electron chi connectivity index (χ2n) is 1.91. The SMILES string of the molecule is OC[C@@H](O)C[C@H](O)CO.